The Morgan fingerprint density at radius 1 is 1.03 bits per heavy atom. The van der Waals surface area contributed by atoms with Gasteiger partial charge in [-0.2, -0.15) is 5.10 Å². The van der Waals surface area contributed by atoms with E-state index in [2.05, 4.69) is 10.1 Å². The summed E-state index contributed by atoms with van der Waals surface area (Å²) in [6.45, 7) is 1.14. The van der Waals surface area contributed by atoms with Gasteiger partial charge in [-0.1, -0.05) is 0 Å². The Balaban J connectivity index is 1.49. The molecule has 0 aliphatic carbocycles. The number of hydrogen-bond acceptors (Lipinski definition) is 8. The molecule has 182 valence electrons. The number of hydrogen-bond donors (Lipinski definition) is 1. The number of rotatable bonds is 8. The monoisotopic (exact) mass is 475 g/mol. The third-order valence-electron chi connectivity index (χ3n) is 6.16. The van der Waals surface area contributed by atoms with Crippen molar-refractivity contribution >= 4 is 22.4 Å². The van der Waals surface area contributed by atoms with E-state index < -0.39 is 0 Å². The van der Waals surface area contributed by atoms with E-state index in [9.17, 15) is 5.11 Å². The van der Waals surface area contributed by atoms with Gasteiger partial charge in [0.2, 0.25) is 0 Å². The predicted octanol–water partition coefficient (Wildman–Crippen LogP) is 4.34. The van der Waals surface area contributed by atoms with Crippen LogP contribution in [0.1, 0.15) is 25.5 Å². The summed E-state index contributed by atoms with van der Waals surface area (Å²) in [7, 11) is 3.23. The second-order valence-corrected chi connectivity index (χ2v) is 8.40. The van der Waals surface area contributed by atoms with Gasteiger partial charge in [-0.05, 0) is 37.5 Å². The minimum absolute atomic E-state index is 0.0221. The van der Waals surface area contributed by atoms with Crippen LogP contribution in [0.5, 0.6) is 11.5 Å². The highest BCUT2D eigenvalue weighted by molar-refractivity contribution is 5.82. The van der Waals surface area contributed by atoms with Crippen LogP contribution < -0.4 is 14.4 Å². The number of aliphatic hydroxyl groups is 1. The van der Waals surface area contributed by atoms with Gasteiger partial charge in [0.05, 0.1) is 49.9 Å². The van der Waals surface area contributed by atoms with Crippen molar-refractivity contribution in [1.82, 2.24) is 19.7 Å². The summed E-state index contributed by atoms with van der Waals surface area (Å²) in [5.74, 6) is 1.34. The Hall–Kier alpha value is -3.69. The van der Waals surface area contributed by atoms with Crippen LogP contribution in [0, 0.1) is 0 Å². The van der Waals surface area contributed by atoms with Crippen LogP contribution in [0.25, 0.3) is 22.3 Å². The van der Waals surface area contributed by atoms with Crippen LogP contribution >= 0.6 is 0 Å². The molecule has 1 atom stereocenters. The first kappa shape index (κ1) is 23.1. The maximum absolute atomic E-state index is 9.78. The zero-order chi connectivity index (χ0) is 24.2. The molecule has 2 aromatic carbocycles. The smallest absolute Gasteiger partial charge is 0.150 e. The maximum atomic E-state index is 9.78. The Kier molecular flexibility index (Phi) is 6.78. The lowest BCUT2D eigenvalue weighted by molar-refractivity contribution is -0.0394. The van der Waals surface area contributed by atoms with E-state index in [1.165, 1.54) is 0 Å². The highest BCUT2D eigenvalue weighted by Gasteiger charge is 2.18. The second kappa shape index (κ2) is 10.3. The second-order valence-electron chi connectivity index (χ2n) is 8.40. The Morgan fingerprint density at radius 2 is 1.86 bits per heavy atom. The van der Waals surface area contributed by atoms with E-state index in [1.807, 2.05) is 52.2 Å². The summed E-state index contributed by atoms with van der Waals surface area (Å²) in [6, 6.07) is 11.5. The van der Waals surface area contributed by atoms with Gasteiger partial charge in [-0.25, -0.2) is 9.67 Å². The molecule has 3 heterocycles. The van der Waals surface area contributed by atoms with Gasteiger partial charge in [0.25, 0.3) is 0 Å². The van der Waals surface area contributed by atoms with Gasteiger partial charge in [-0.3, -0.25) is 4.98 Å². The Bertz CT molecular complexity index is 1280. The molecule has 1 aliphatic rings. The molecule has 9 heteroatoms. The number of benzene rings is 2. The van der Waals surface area contributed by atoms with Crippen molar-refractivity contribution < 1.29 is 19.3 Å². The molecule has 0 saturated carbocycles. The first-order valence-corrected chi connectivity index (χ1v) is 11.7. The number of fused-ring (bicyclic) bond motifs is 1. The lowest BCUT2D eigenvalue weighted by Crippen LogP contribution is -2.21. The fraction of sp³-hybridized carbons (Fsp3) is 0.346. The SMILES string of the molecule is COc1cc(OC)cc(N(CCO)c2ccc3ncc(-c4cnn(C5CCCCO5)c4)nc3c2)c1. The number of nitrogens with zero attached hydrogens (tertiary/aromatic N) is 5. The van der Waals surface area contributed by atoms with E-state index in [1.54, 1.807) is 26.6 Å². The largest absolute Gasteiger partial charge is 0.497 e. The lowest BCUT2D eigenvalue weighted by Gasteiger charge is -2.25. The normalized spacial score (nSPS) is 15.8. The highest BCUT2D eigenvalue weighted by Crippen LogP contribution is 2.34. The van der Waals surface area contributed by atoms with Crippen molar-refractivity contribution in [2.45, 2.75) is 25.5 Å². The average Bonchev–Trinajstić information content (AvgIpc) is 3.42. The van der Waals surface area contributed by atoms with E-state index >= 15 is 0 Å². The van der Waals surface area contributed by atoms with Gasteiger partial charge in [0, 0.05) is 54.5 Å². The molecule has 9 nitrogen and oxygen atoms in total. The third-order valence-corrected chi connectivity index (χ3v) is 6.16. The standard InChI is InChI=1S/C26H29N5O4/c1-33-21-11-20(12-22(14-21)34-2)30(8-9-32)19-6-7-23-24(13-19)29-25(16-27-23)18-15-28-31(17-18)26-5-3-4-10-35-26/h6-7,11-17,26,32H,3-5,8-10H2,1-2H3. The van der Waals surface area contributed by atoms with Crippen molar-refractivity contribution in [3.05, 3.63) is 55.0 Å². The number of methoxy groups -OCH3 is 2. The van der Waals surface area contributed by atoms with Crippen molar-refractivity contribution in [2.24, 2.45) is 0 Å². The summed E-state index contributed by atoms with van der Waals surface area (Å²) >= 11 is 0. The van der Waals surface area contributed by atoms with Gasteiger partial charge in [0.1, 0.15) is 17.7 Å². The molecule has 5 rings (SSSR count). The van der Waals surface area contributed by atoms with Gasteiger partial charge in [0.15, 0.2) is 0 Å². The van der Waals surface area contributed by atoms with Crippen LogP contribution in [0.15, 0.2) is 55.0 Å². The molecule has 0 spiro atoms. The first-order valence-electron chi connectivity index (χ1n) is 11.7. The topological polar surface area (TPSA) is 94.8 Å². The molecule has 1 saturated heterocycles. The zero-order valence-corrected chi connectivity index (χ0v) is 19.9. The molecule has 2 aromatic heterocycles. The maximum Gasteiger partial charge on any atom is 0.150 e. The van der Waals surface area contributed by atoms with Crippen LogP contribution in [-0.2, 0) is 4.74 Å². The highest BCUT2D eigenvalue weighted by atomic mass is 16.5. The summed E-state index contributed by atoms with van der Waals surface area (Å²) in [6.07, 6.45) is 8.71. The molecule has 1 aliphatic heterocycles. The zero-order valence-electron chi connectivity index (χ0n) is 19.9. The van der Waals surface area contributed by atoms with E-state index in [0.29, 0.717) is 18.0 Å². The lowest BCUT2D eigenvalue weighted by atomic mass is 10.2. The summed E-state index contributed by atoms with van der Waals surface area (Å²) in [5.41, 5.74) is 4.89. The Morgan fingerprint density at radius 3 is 2.57 bits per heavy atom. The molecular weight excluding hydrogens is 446 g/mol. The Labute approximate surface area is 203 Å². The van der Waals surface area contributed by atoms with Gasteiger partial charge in [-0.15, -0.1) is 0 Å². The van der Waals surface area contributed by atoms with Crippen molar-refractivity contribution in [3.63, 3.8) is 0 Å². The molecule has 0 radical (unpaired) electrons. The molecular formula is C26H29N5O4. The minimum atomic E-state index is -0.0237. The van der Waals surface area contributed by atoms with E-state index in [4.69, 9.17) is 19.2 Å². The van der Waals surface area contributed by atoms with Crippen molar-refractivity contribution in [3.8, 4) is 22.8 Å². The van der Waals surface area contributed by atoms with Crippen LogP contribution in [-0.4, -0.2) is 58.8 Å². The molecule has 0 amide bonds. The number of aliphatic hydroxyl groups excluding tert-OH is 1. The van der Waals surface area contributed by atoms with Crippen molar-refractivity contribution in [2.75, 3.05) is 38.9 Å². The van der Waals surface area contributed by atoms with Crippen LogP contribution in [0.2, 0.25) is 0 Å². The summed E-state index contributed by atoms with van der Waals surface area (Å²) < 4.78 is 18.6. The molecule has 0 bridgehead atoms. The summed E-state index contributed by atoms with van der Waals surface area (Å²) in [4.78, 5) is 11.5. The van der Waals surface area contributed by atoms with E-state index in [-0.39, 0.29) is 12.8 Å². The summed E-state index contributed by atoms with van der Waals surface area (Å²) in [5, 5.41) is 14.3. The van der Waals surface area contributed by atoms with Crippen LogP contribution in [0.4, 0.5) is 11.4 Å². The fourth-order valence-corrected chi connectivity index (χ4v) is 4.32. The number of aromatic nitrogens is 4. The van der Waals surface area contributed by atoms with Crippen LogP contribution in [0.3, 0.4) is 0 Å². The molecule has 1 N–H and O–H groups in total. The quantitative estimate of drug-likeness (QED) is 0.402. The number of anilines is 2. The molecule has 35 heavy (non-hydrogen) atoms. The molecule has 1 unspecified atom stereocenters. The van der Waals surface area contributed by atoms with Gasteiger partial charge >= 0.3 is 0 Å². The predicted molar refractivity (Wildman–Crippen MR) is 133 cm³/mol. The number of ether oxygens (including phenoxy) is 3. The van der Waals surface area contributed by atoms with E-state index in [0.717, 1.165) is 59.5 Å². The molecule has 1 fully saturated rings. The molecule has 4 aromatic rings. The fourth-order valence-electron chi connectivity index (χ4n) is 4.32. The third kappa shape index (κ3) is 4.91. The first-order chi connectivity index (χ1) is 17.2. The minimum Gasteiger partial charge on any atom is -0.497 e. The van der Waals surface area contributed by atoms with Gasteiger partial charge < -0.3 is 24.2 Å². The van der Waals surface area contributed by atoms with Crippen molar-refractivity contribution in [1.29, 1.82) is 0 Å². The average molecular weight is 476 g/mol.